The Balaban J connectivity index is 1.76. The molecule has 5 aromatic rings. The van der Waals surface area contributed by atoms with Crippen molar-refractivity contribution in [1.29, 1.82) is 0 Å². The van der Waals surface area contributed by atoms with Crippen LogP contribution in [-0.4, -0.2) is 21.1 Å². The number of nitrogens with one attached hydrogen (secondary N) is 3. The first-order chi connectivity index (χ1) is 20.1. The van der Waals surface area contributed by atoms with Crippen LogP contribution in [0.5, 0.6) is 0 Å². The molecule has 0 amide bonds. The molecule has 0 aliphatic carbocycles. The highest BCUT2D eigenvalue weighted by atomic mass is 15.8. The molecule has 0 saturated heterocycles. The van der Waals surface area contributed by atoms with E-state index in [1.807, 2.05) is 37.4 Å². The number of nitrogens with zero attached hydrogens (tertiary/aromatic N) is 3. The Morgan fingerprint density at radius 2 is 1.17 bits per heavy atom. The molecule has 6 nitrogen and oxygen atoms in total. The Morgan fingerprint density at radius 3 is 1.68 bits per heavy atom. The fraction of sp³-hybridized carbons (Fsp3) is 0.143. The second-order valence-electron chi connectivity index (χ2n) is 10.0. The van der Waals surface area contributed by atoms with Crippen LogP contribution in [-0.2, 0) is 6.54 Å². The normalized spacial score (nSPS) is 10.5. The summed E-state index contributed by atoms with van der Waals surface area (Å²) in [4.78, 5) is 2.18. The predicted octanol–water partition coefficient (Wildman–Crippen LogP) is 8.30. The lowest BCUT2D eigenvalue weighted by Crippen LogP contribution is -2.44. The highest BCUT2D eigenvalue weighted by Crippen LogP contribution is 2.44. The summed E-state index contributed by atoms with van der Waals surface area (Å²) in [6, 6.07) is 43.9. The zero-order valence-electron chi connectivity index (χ0n) is 24.2. The summed E-state index contributed by atoms with van der Waals surface area (Å²) in [6.45, 7) is 2.85. The van der Waals surface area contributed by atoms with Gasteiger partial charge in [0.2, 0.25) is 0 Å². The molecule has 0 heterocycles. The summed E-state index contributed by atoms with van der Waals surface area (Å²) in [5.41, 5.74) is 13.3. The van der Waals surface area contributed by atoms with Gasteiger partial charge in [0.1, 0.15) is 5.69 Å². The van der Waals surface area contributed by atoms with Gasteiger partial charge in [0.25, 0.3) is 0 Å². The van der Waals surface area contributed by atoms with E-state index in [4.69, 9.17) is 0 Å². The largest absolute Gasteiger partial charge is 0.388 e. The van der Waals surface area contributed by atoms with Crippen LogP contribution in [0.2, 0.25) is 0 Å². The van der Waals surface area contributed by atoms with Crippen LogP contribution < -0.4 is 31.1 Å². The molecule has 0 saturated carbocycles. The molecular formula is C35H38N6. The highest BCUT2D eigenvalue weighted by molar-refractivity contribution is 5.93. The van der Waals surface area contributed by atoms with E-state index in [-0.39, 0.29) is 0 Å². The Hall–Kier alpha value is -5.10. The topological polar surface area (TPSA) is 45.8 Å². The molecule has 0 aliphatic heterocycles. The second-order valence-corrected chi connectivity index (χ2v) is 10.0. The van der Waals surface area contributed by atoms with Crippen molar-refractivity contribution in [2.45, 2.75) is 13.5 Å². The SMILES string of the molecule is CNc1cc(N(Nc2ccccc2)N(c2ccccc2)c2ccccc2)c(NCc2ccccc2)c(N(C)C)c1C. The van der Waals surface area contributed by atoms with Crippen LogP contribution >= 0.6 is 0 Å². The molecule has 0 radical (unpaired) electrons. The zero-order chi connectivity index (χ0) is 28.6. The number of hydrazine groups is 2. The first-order valence-electron chi connectivity index (χ1n) is 13.9. The number of anilines is 7. The van der Waals surface area contributed by atoms with Crippen molar-refractivity contribution < 1.29 is 0 Å². The Kier molecular flexibility index (Phi) is 8.60. The molecule has 6 heteroatoms. The van der Waals surface area contributed by atoms with Crippen LogP contribution in [0.25, 0.3) is 0 Å². The van der Waals surface area contributed by atoms with Gasteiger partial charge in [0, 0.05) is 33.4 Å². The lowest BCUT2D eigenvalue weighted by atomic mass is 10.1. The van der Waals surface area contributed by atoms with Gasteiger partial charge in [-0.25, -0.2) is 5.01 Å². The fourth-order valence-electron chi connectivity index (χ4n) is 5.07. The zero-order valence-corrected chi connectivity index (χ0v) is 24.2. The molecule has 208 valence electrons. The van der Waals surface area contributed by atoms with Crippen LogP contribution in [0, 0.1) is 6.92 Å². The van der Waals surface area contributed by atoms with E-state index in [1.54, 1.807) is 0 Å². The quantitative estimate of drug-likeness (QED) is 0.146. The van der Waals surface area contributed by atoms with E-state index in [2.05, 4.69) is 149 Å². The Morgan fingerprint density at radius 1 is 0.659 bits per heavy atom. The lowest BCUT2D eigenvalue weighted by molar-refractivity contribution is 0.916. The van der Waals surface area contributed by atoms with Gasteiger partial charge in [-0.2, -0.15) is 5.12 Å². The van der Waals surface area contributed by atoms with Crippen LogP contribution in [0.4, 0.5) is 39.8 Å². The molecule has 3 N–H and O–H groups in total. The third-order valence-electron chi connectivity index (χ3n) is 7.00. The lowest BCUT2D eigenvalue weighted by Gasteiger charge is -2.40. The molecule has 41 heavy (non-hydrogen) atoms. The van der Waals surface area contributed by atoms with Gasteiger partial charge in [-0.1, -0.05) is 84.9 Å². The summed E-state index contributed by atoms with van der Waals surface area (Å²) in [7, 11) is 6.17. The molecule has 0 spiro atoms. The van der Waals surface area contributed by atoms with Gasteiger partial charge in [0.15, 0.2) is 0 Å². The van der Waals surface area contributed by atoms with Gasteiger partial charge in [-0.3, -0.25) is 5.43 Å². The molecule has 0 unspecified atom stereocenters. The number of para-hydroxylation sites is 3. The molecule has 0 aromatic heterocycles. The third kappa shape index (κ3) is 6.23. The summed E-state index contributed by atoms with van der Waals surface area (Å²) in [6.07, 6.45) is 0. The Labute approximate surface area is 243 Å². The van der Waals surface area contributed by atoms with Gasteiger partial charge >= 0.3 is 0 Å². The van der Waals surface area contributed by atoms with E-state index in [0.717, 1.165) is 39.8 Å². The van der Waals surface area contributed by atoms with Gasteiger partial charge in [0.05, 0.1) is 28.4 Å². The van der Waals surface area contributed by atoms with Crippen molar-refractivity contribution in [2.75, 3.05) is 52.2 Å². The average molecular weight is 543 g/mol. The van der Waals surface area contributed by atoms with Crippen molar-refractivity contribution in [3.8, 4) is 0 Å². The maximum Gasteiger partial charge on any atom is 0.109 e. The third-order valence-corrected chi connectivity index (χ3v) is 7.00. The average Bonchev–Trinajstić information content (AvgIpc) is 3.01. The van der Waals surface area contributed by atoms with E-state index < -0.39 is 0 Å². The minimum Gasteiger partial charge on any atom is -0.388 e. The van der Waals surface area contributed by atoms with Crippen LogP contribution in [0.1, 0.15) is 11.1 Å². The van der Waals surface area contributed by atoms with Crippen LogP contribution in [0.3, 0.4) is 0 Å². The Bertz CT molecular complexity index is 1480. The van der Waals surface area contributed by atoms with Gasteiger partial charge in [-0.05, 0) is 60.5 Å². The summed E-state index contributed by atoms with van der Waals surface area (Å²) in [5.74, 6) is 0. The van der Waals surface area contributed by atoms with Gasteiger partial charge in [-0.15, -0.1) is 0 Å². The molecule has 0 atom stereocenters. The highest BCUT2D eigenvalue weighted by Gasteiger charge is 2.27. The van der Waals surface area contributed by atoms with Gasteiger partial charge < -0.3 is 15.5 Å². The van der Waals surface area contributed by atoms with Crippen molar-refractivity contribution in [2.24, 2.45) is 0 Å². The number of rotatable bonds is 11. The van der Waals surface area contributed by atoms with Crippen molar-refractivity contribution in [3.05, 3.63) is 139 Å². The first-order valence-corrected chi connectivity index (χ1v) is 13.9. The monoisotopic (exact) mass is 542 g/mol. The van der Waals surface area contributed by atoms with Crippen molar-refractivity contribution in [1.82, 2.24) is 0 Å². The molecule has 0 fully saturated rings. The summed E-state index contributed by atoms with van der Waals surface area (Å²) < 4.78 is 0. The minimum atomic E-state index is 0.683. The smallest absolute Gasteiger partial charge is 0.109 e. The minimum absolute atomic E-state index is 0.683. The second kappa shape index (κ2) is 12.8. The van der Waals surface area contributed by atoms with E-state index in [0.29, 0.717) is 6.54 Å². The van der Waals surface area contributed by atoms with Crippen LogP contribution in [0.15, 0.2) is 127 Å². The van der Waals surface area contributed by atoms with Crippen molar-refractivity contribution >= 4 is 39.8 Å². The maximum absolute atomic E-state index is 3.82. The standard InChI is InChI=1S/C35H38N6/c1-27-32(36-2)25-33(34(35(27)39(3)4)37-26-28-17-9-5-10-18-28)41(38-29-19-11-6-12-20-29)40(30-21-13-7-14-22-30)31-23-15-8-16-24-31/h5-25,36-38H,26H2,1-4H3. The van der Waals surface area contributed by atoms with E-state index in [1.165, 1.54) is 11.1 Å². The predicted molar refractivity (Wildman–Crippen MR) is 176 cm³/mol. The fourth-order valence-corrected chi connectivity index (χ4v) is 5.07. The summed E-state index contributed by atoms with van der Waals surface area (Å²) in [5, 5.41) is 11.6. The number of hydrogen-bond donors (Lipinski definition) is 3. The van der Waals surface area contributed by atoms with E-state index in [9.17, 15) is 0 Å². The number of hydrogen-bond acceptors (Lipinski definition) is 6. The van der Waals surface area contributed by atoms with Crippen molar-refractivity contribution in [3.63, 3.8) is 0 Å². The van der Waals surface area contributed by atoms with E-state index >= 15 is 0 Å². The summed E-state index contributed by atoms with van der Waals surface area (Å²) >= 11 is 0. The number of benzene rings is 5. The first kappa shape index (κ1) is 27.5. The molecule has 0 aliphatic rings. The molecule has 0 bridgehead atoms. The molecule has 5 rings (SSSR count). The molecular weight excluding hydrogens is 504 g/mol. The maximum atomic E-state index is 3.82. The molecule has 5 aromatic carbocycles.